The molecule has 0 amide bonds. The number of fused-ring (bicyclic) bond motifs is 1. The van der Waals surface area contributed by atoms with Gasteiger partial charge in [0, 0.05) is 32.2 Å². The molecule has 2 aliphatic rings. The summed E-state index contributed by atoms with van der Waals surface area (Å²) in [7, 11) is 2.17. The molecule has 2 heterocycles. The Hall–Kier alpha value is -1.30. The number of nitrogens with zero attached hydrogens (tertiary/aromatic N) is 2. The van der Waals surface area contributed by atoms with Gasteiger partial charge in [-0.25, -0.2) is 10.4 Å². The van der Waals surface area contributed by atoms with Crippen molar-refractivity contribution in [1.82, 2.24) is 15.3 Å². The Bertz CT molecular complexity index is 458. The Morgan fingerprint density at radius 2 is 1.75 bits per heavy atom. The maximum Gasteiger partial charge on any atom is 0.161 e. The highest BCUT2D eigenvalue weighted by Gasteiger charge is 2.18. The van der Waals surface area contributed by atoms with Gasteiger partial charge in [0.15, 0.2) is 11.5 Å². The number of nitrogens with one attached hydrogen (secondary N) is 1. The van der Waals surface area contributed by atoms with Gasteiger partial charge in [-0.1, -0.05) is 6.07 Å². The lowest BCUT2D eigenvalue weighted by molar-refractivity contribution is 0.0897. The van der Waals surface area contributed by atoms with E-state index in [1.54, 1.807) is 0 Å². The number of benzene rings is 1. The maximum atomic E-state index is 5.65. The van der Waals surface area contributed by atoms with Gasteiger partial charge in [-0.05, 0) is 31.7 Å². The van der Waals surface area contributed by atoms with Gasteiger partial charge in [0.05, 0.1) is 0 Å². The number of rotatable bonds is 3. The van der Waals surface area contributed by atoms with Crippen LogP contribution in [0.1, 0.15) is 18.5 Å². The van der Waals surface area contributed by atoms with Crippen molar-refractivity contribution in [3.8, 4) is 11.5 Å². The highest BCUT2D eigenvalue weighted by atomic mass is 16.6. The fourth-order valence-corrected chi connectivity index (χ4v) is 2.61. The molecular formula is C15H23N3O2. The second-order valence-electron chi connectivity index (χ2n) is 5.54. The summed E-state index contributed by atoms with van der Waals surface area (Å²) in [6, 6.07) is 6.48. The SMILES string of the molecule is CC(NN1CCN(C)CC1)c1ccc2c(c1)OCCO2. The largest absolute Gasteiger partial charge is 0.486 e. The molecule has 1 aromatic rings. The Balaban J connectivity index is 1.63. The van der Waals surface area contributed by atoms with Crippen LogP contribution in [0, 0.1) is 0 Å². The zero-order valence-corrected chi connectivity index (χ0v) is 12.3. The molecule has 2 aliphatic heterocycles. The third-order valence-corrected chi connectivity index (χ3v) is 3.95. The van der Waals surface area contributed by atoms with Crippen LogP contribution >= 0.6 is 0 Å². The average molecular weight is 277 g/mol. The van der Waals surface area contributed by atoms with Gasteiger partial charge in [-0.3, -0.25) is 0 Å². The number of piperazine rings is 1. The zero-order valence-electron chi connectivity index (χ0n) is 12.3. The number of likely N-dealkylation sites (N-methyl/N-ethyl adjacent to an activating group) is 1. The lowest BCUT2D eigenvalue weighted by Gasteiger charge is -2.34. The molecule has 1 N–H and O–H groups in total. The second kappa shape index (κ2) is 5.99. The number of hydrogen-bond donors (Lipinski definition) is 1. The highest BCUT2D eigenvalue weighted by Crippen LogP contribution is 2.32. The molecule has 0 radical (unpaired) electrons. The molecule has 1 aromatic carbocycles. The molecule has 5 heteroatoms. The minimum absolute atomic E-state index is 0.272. The second-order valence-corrected chi connectivity index (χ2v) is 5.54. The maximum absolute atomic E-state index is 5.65. The lowest BCUT2D eigenvalue weighted by Crippen LogP contribution is -2.51. The Kier molecular flexibility index (Phi) is 4.10. The van der Waals surface area contributed by atoms with Gasteiger partial charge in [0.1, 0.15) is 13.2 Å². The van der Waals surface area contributed by atoms with Crippen molar-refractivity contribution < 1.29 is 9.47 Å². The fraction of sp³-hybridized carbons (Fsp3) is 0.600. The van der Waals surface area contributed by atoms with Crippen molar-refractivity contribution in [3.05, 3.63) is 23.8 Å². The topological polar surface area (TPSA) is 37.0 Å². The van der Waals surface area contributed by atoms with Crippen molar-refractivity contribution in [2.75, 3.05) is 46.4 Å². The standard InChI is InChI=1S/C15H23N3O2/c1-12(16-18-7-5-17(2)6-8-18)13-3-4-14-15(11-13)20-10-9-19-14/h3-4,11-12,16H,5-10H2,1-2H3. The van der Waals surface area contributed by atoms with E-state index in [4.69, 9.17) is 9.47 Å². The summed E-state index contributed by atoms with van der Waals surface area (Å²) in [5.41, 5.74) is 4.80. The molecule has 0 bridgehead atoms. The Labute approximate surface area is 120 Å². The third kappa shape index (κ3) is 3.06. The van der Waals surface area contributed by atoms with Crippen LogP contribution in [-0.2, 0) is 0 Å². The summed E-state index contributed by atoms with van der Waals surface area (Å²) in [4.78, 5) is 2.35. The van der Waals surface area contributed by atoms with Gasteiger partial charge in [0.25, 0.3) is 0 Å². The van der Waals surface area contributed by atoms with Gasteiger partial charge in [0.2, 0.25) is 0 Å². The average Bonchev–Trinajstić information content (AvgIpc) is 2.49. The van der Waals surface area contributed by atoms with Gasteiger partial charge in [-0.2, -0.15) is 0 Å². The minimum atomic E-state index is 0.272. The number of hydrazine groups is 1. The third-order valence-electron chi connectivity index (χ3n) is 3.95. The van der Waals surface area contributed by atoms with E-state index in [0.29, 0.717) is 13.2 Å². The summed E-state index contributed by atoms with van der Waals surface area (Å²) in [6.45, 7) is 7.81. The molecule has 110 valence electrons. The van der Waals surface area contributed by atoms with Crippen molar-refractivity contribution in [2.45, 2.75) is 13.0 Å². The summed E-state index contributed by atoms with van der Waals surface area (Å²) in [5, 5.41) is 2.31. The smallest absolute Gasteiger partial charge is 0.161 e. The first-order valence-electron chi connectivity index (χ1n) is 7.31. The first-order valence-corrected chi connectivity index (χ1v) is 7.31. The molecule has 1 saturated heterocycles. The molecule has 1 unspecified atom stereocenters. The normalized spacial score (nSPS) is 21.7. The van der Waals surface area contributed by atoms with Gasteiger partial charge in [-0.15, -0.1) is 0 Å². The summed E-state index contributed by atoms with van der Waals surface area (Å²) >= 11 is 0. The molecule has 3 rings (SSSR count). The van der Waals surface area contributed by atoms with Crippen LogP contribution in [0.2, 0.25) is 0 Å². The lowest BCUT2D eigenvalue weighted by atomic mass is 10.1. The quantitative estimate of drug-likeness (QED) is 0.900. The van der Waals surface area contributed by atoms with E-state index in [2.05, 4.69) is 41.4 Å². The summed E-state index contributed by atoms with van der Waals surface area (Å²) in [5.74, 6) is 1.72. The number of ether oxygens (including phenoxy) is 2. The van der Waals surface area contributed by atoms with Crippen molar-refractivity contribution >= 4 is 0 Å². The van der Waals surface area contributed by atoms with E-state index in [0.717, 1.165) is 37.7 Å². The van der Waals surface area contributed by atoms with Crippen LogP contribution in [0.5, 0.6) is 11.5 Å². The van der Waals surface area contributed by atoms with Crippen LogP contribution in [0.3, 0.4) is 0 Å². The molecule has 0 aliphatic carbocycles. The first kappa shape index (κ1) is 13.7. The van der Waals surface area contributed by atoms with Crippen LogP contribution in [0.4, 0.5) is 0 Å². The highest BCUT2D eigenvalue weighted by molar-refractivity contribution is 5.44. The molecule has 1 fully saturated rings. The summed E-state index contributed by atoms with van der Waals surface area (Å²) < 4.78 is 11.2. The molecular weight excluding hydrogens is 254 g/mol. The van der Waals surface area contributed by atoms with E-state index in [9.17, 15) is 0 Å². The predicted octanol–water partition coefficient (Wildman–Crippen LogP) is 1.27. The Morgan fingerprint density at radius 3 is 2.50 bits per heavy atom. The molecule has 0 aromatic heterocycles. The molecule has 0 spiro atoms. The van der Waals surface area contributed by atoms with E-state index in [-0.39, 0.29) is 6.04 Å². The molecule has 5 nitrogen and oxygen atoms in total. The summed E-state index contributed by atoms with van der Waals surface area (Å²) in [6.07, 6.45) is 0. The van der Waals surface area contributed by atoms with Crippen molar-refractivity contribution in [2.24, 2.45) is 0 Å². The van der Waals surface area contributed by atoms with Crippen LogP contribution in [0.25, 0.3) is 0 Å². The van der Waals surface area contributed by atoms with E-state index >= 15 is 0 Å². The van der Waals surface area contributed by atoms with Crippen LogP contribution in [-0.4, -0.2) is 56.3 Å². The number of hydrogen-bond acceptors (Lipinski definition) is 5. The Morgan fingerprint density at radius 1 is 1.05 bits per heavy atom. The van der Waals surface area contributed by atoms with Crippen molar-refractivity contribution in [1.29, 1.82) is 0 Å². The fourth-order valence-electron chi connectivity index (χ4n) is 2.61. The van der Waals surface area contributed by atoms with Crippen molar-refractivity contribution in [3.63, 3.8) is 0 Å². The molecule has 20 heavy (non-hydrogen) atoms. The van der Waals surface area contributed by atoms with Crippen LogP contribution in [0.15, 0.2) is 18.2 Å². The van der Waals surface area contributed by atoms with E-state index < -0.39 is 0 Å². The minimum Gasteiger partial charge on any atom is -0.486 e. The molecule has 1 atom stereocenters. The van der Waals surface area contributed by atoms with E-state index in [1.165, 1.54) is 5.56 Å². The van der Waals surface area contributed by atoms with Gasteiger partial charge < -0.3 is 14.4 Å². The molecule has 0 saturated carbocycles. The van der Waals surface area contributed by atoms with E-state index in [1.807, 2.05) is 6.07 Å². The monoisotopic (exact) mass is 277 g/mol. The van der Waals surface area contributed by atoms with Crippen LogP contribution < -0.4 is 14.9 Å². The predicted molar refractivity (Wildman–Crippen MR) is 78.1 cm³/mol. The van der Waals surface area contributed by atoms with Gasteiger partial charge >= 0.3 is 0 Å². The zero-order chi connectivity index (χ0) is 13.9. The first-order chi connectivity index (χ1) is 9.72.